The van der Waals surface area contributed by atoms with Crippen molar-refractivity contribution in [1.29, 1.82) is 0 Å². The fourth-order valence-electron chi connectivity index (χ4n) is 2.06. The second-order valence-corrected chi connectivity index (χ2v) is 4.85. The third kappa shape index (κ3) is 3.94. The molecule has 21 heavy (non-hydrogen) atoms. The average molecular weight is 292 g/mol. The number of hydrogen-bond acceptors (Lipinski definition) is 1. The van der Waals surface area contributed by atoms with E-state index in [-0.39, 0.29) is 12.2 Å². The minimum Gasteiger partial charge on any atom is -0.294 e. The van der Waals surface area contributed by atoms with Crippen molar-refractivity contribution in [2.45, 2.75) is 25.9 Å². The van der Waals surface area contributed by atoms with Gasteiger partial charge < -0.3 is 0 Å². The quantitative estimate of drug-likeness (QED) is 0.747. The maximum Gasteiger partial charge on any atom is 0.416 e. The predicted octanol–water partition coefficient (Wildman–Crippen LogP) is 4.69. The van der Waals surface area contributed by atoms with Crippen molar-refractivity contribution < 1.29 is 18.0 Å². The summed E-state index contributed by atoms with van der Waals surface area (Å²) >= 11 is 0. The maximum atomic E-state index is 12.5. The van der Waals surface area contributed by atoms with E-state index in [0.29, 0.717) is 11.1 Å². The number of halogens is 3. The SMILES string of the molecule is CCc1cccc(C(=O)Cc2ccc(C(F)(F)F)cc2)c1. The van der Waals surface area contributed by atoms with Gasteiger partial charge in [0.1, 0.15) is 0 Å². The van der Waals surface area contributed by atoms with Crippen LogP contribution in [0.4, 0.5) is 13.2 Å². The lowest BCUT2D eigenvalue weighted by atomic mass is 10.00. The molecule has 0 aliphatic carbocycles. The minimum absolute atomic E-state index is 0.0925. The summed E-state index contributed by atoms with van der Waals surface area (Å²) in [6, 6.07) is 12.0. The second kappa shape index (κ2) is 6.12. The largest absolute Gasteiger partial charge is 0.416 e. The molecule has 0 amide bonds. The van der Waals surface area contributed by atoms with Crippen LogP contribution in [0, 0.1) is 0 Å². The van der Waals surface area contributed by atoms with Crippen molar-refractivity contribution in [3.63, 3.8) is 0 Å². The van der Waals surface area contributed by atoms with Crippen LogP contribution >= 0.6 is 0 Å². The Bertz CT molecular complexity index is 627. The first kappa shape index (κ1) is 15.3. The van der Waals surface area contributed by atoms with Gasteiger partial charge in [-0.05, 0) is 35.7 Å². The van der Waals surface area contributed by atoms with E-state index in [9.17, 15) is 18.0 Å². The highest BCUT2D eigenvalue weighted by molar-refractivity contribution is 5.97. The van der Waals surface area contributed by atoms with Crippen LogP contribution in [-0.2, 0) is 19.0 Å². The number of ketones is 1. The van der Waals surface area contributed by atoms with Gasteiger partial charge >= 0.3 is 6.18 Å². The molecule has 110 valence electrons. The molecule has 0 saturated heterocycles. The zero-order chi connectivity index (χ0) is 15.5. The lowest BCUT2D eigenvalue weighted by molar-refractivity contribution is -0.137. The van der Waals surface area contributed by atoms with E-state index < -0.39 is 11.7 Å². The molecule has 0 bridgehead atoms. The molecule has 0 radical (unpaired) electrons. The van der Waals surface area contributed by atoms with Gasteiger partial charge in [-0.1, -0.05) is 37.3 Å². The van der Waals surface area contributed by atoms with Crippen molar-refractivity contribution >= 4 is 5.78 Å². The molecule has 0 unspecified atom stereocenters. The van der Waals surface area contributed by atoms with Crippen LogP contribution in [0.25, 0.3) is 0 Å². The minimum atomic E-state index is -4.35. The molecule has 0 saturated carbocycles. The number of carbonyl (C=O) groups excluding carboxylic acids is 1. The van der Waals surface area contributed by atoms with E-state index in [1.54, 1.807) is 6.07 Å². The Morgan fingerprint density at radius 3 is 2.24 bits per heavy atom. The average Bonchev–Trinajstić information content (AvgIpc) is 2.47. The van der Waals surface area contributed by atoms with E-state index in [1.807, 2.05) is 25.1 Å². The topological polar surface area (TPSA) is 17.1 Å². The Morgan fingerprint density at radius 2 is 1.67 bits per heavy atom. The Labute approximate surface area is 121 Å². The summed E-state index contributed by atoms with van der Waals surface area (Å²) in [7, 11) is 0. The fraction of sp³-hybridized carbons (Fsp3) is 0.235. The number of aryl methyl sites for hydroxylation is 1. The van der Waals surface area contributed by atoms with Crippen LogP contribution in [0.2, 0.25) is 0 Å². The Hall–Kier alpha value is -2.10. The number of rotatable bonds is 4. The Morgan fingerprint density at radius 1 is 1.00 bits per heavy atom. The molecule has 0 heterocycles. The van der Waals surface area contributed by atoms with Crippen LogP contribution < -0.4 is 0 Å². The van der Waals surface area contributed by atoms with Gasteiger partial charge in [0.15, 0.2) is 5.78 Å². The van der Waals surface area contributed by atoms with Crippen molar-refractivity contribution in [2.75, 3.05) is 0 Å². The van der Waals surface area contributed by atoms with Crippen molar-refractivity contribution in [3.8, 4) is 0 Å². The van der Waals surface area contributed by atoms with Crippen LogP contribution in [-0.4, -0.2) is 5.78 Å². The first-order valence-corrected chi connectivity index (χ1v) is 6.68. The molecular formula is C17H15F3O. The summed E-state index contributed by atoms with van der Waals surface area (Å²) in [6.45, 7) is 2.00. The van der Waals surface area contributed by atoms with Gasteiger partial charge in [0.25, 0.3) is 0 Å². The van der Waals surface area contributed by atoms with Gasteiger partial charge in [0.2, 0.25) is 0 Å². The molecule has 0 N–H and O–H groups in total. The molecule has 0 atom stereocenters. The molecule has 0 aliphatic heterocycles. The highest BCUT2D eigenvalue weighted by Gasteiger charge is 2.29. The summed E-state index contributed by atoms with van der Waals surface area (Å²) in [5.74, 6) is -0.0925. The predicted molar refractivity (Wildman–Crippen MR) is 75.3 cm³/mol. The number of hydrogen-bond donors (Lipinski definition) is 0. The summed E-state index contributed by atoms with van der Waals surface area (Å²) < 4.78 is 37.4. The van der Waals surface area contributed by atoms with E-state index >= 15 is 0 Å². The van der Waals surface area contributed by atoms with Crippen molar-refractivity contribution in [3.05, 3.63) is 70.8 Å². The third-order valence-electron chi connectivity index (χ3n) is 3.30. The molecule has 0 aliphatic rings. The Balaban J connectivity index is 2.12. The number of Topliss-reactive ketones (excluding diaryl/α,β-unsaturated/α-hetero) is 1. The maximum absolute atomic E-state index is 12.5. The van der Waals surface area contributed by atoms with Gasteiger partial charge in [0.05, 0.1) is 5.56 Å². The molecule has 2 aromatic rings. The molecule has 0 spiro atoms. The molecule has 2 rings (SSSR count). The Kier molecular flexibility index (Phi) is 4.46. The van der Waals surface area contributed by atoms with Gasteiger partial charge in [-0.2, -0.15) is 13.2 Å². The lowest BCUT2D eigenvalue weighted by Crippen LogP contribution is -2.07. The first-order chi connectivity index (χ1) is 9.90. The van der Waals surface area contributed by atoms with Gasteiger partial charge in [-0.25, -0.2) is 0 Å². The molecular weight excluding hydrogens is 277 g/mol. The van der Waals surface area contributed by atoms with Gasteiger partial charge in [-0.3, -0.25) is 4.79 Å². The smallest absolute Gasteiger partial charge is 0.294 e. The highest BCUT2D eigenvalue weighted by Crippen LogP contribution is 2.29. The van der Waals surface area contributed by atoms with E-state index in [0.717, 1.165) is 24.1 Å². The zero-order valence-corrected chi connectivity index (χ0v) is 11.6. The summed E-state index contributed by atoms with van der Waals surface area (Å²) in [6.07, 6.45) is -3.41. The number of alkyl halides is 3. The molecule has 0 fully saturated rings. The van der Waals surface area contributed by atoms with Crippen molar-refractivity contribution in [2.24, 2.45) is 0 Å². The van der Waals surface area contributed by atoms with Crippen LogP contribution in [0.5, 0.6) is 0 Å². The molecule has 1 nitrogen and oxygen atoms in total. The third-order valence-corrected chi connectivity index (χ3v) is 3.30. The standard InChI is InChI=1S/C17H15F3O/c1-2-12-4-3-5-14(10-12)16(21)11-13-6-8-15(9-7-13)17(18,19)20/h3-10H,2,11H2,1H3. The van der Waals surface area contributed by atoms with Crippen LogP contribution in [0.15, 0.2) is 48.5 Å². The molecule has 2 aromatic carbocycles. The summed E-state index contributed by atoms with van der Waals surface area (Å²) in [4.78, 5) is 12.1. The van der Waals surface area contributed by atoms with Crippen LogP contribution in [0.1, 0.15) is 34.0 Å². The van der Waals surface area contributed by atoms with Crippen molar-refractivity contribution in [1.82, 2.24) is 0 Å². The molecule has 4 heteroatoms. The number of carbonyl (C=O) groups is 1. The first-order valence-electron chi connectivity index (χ1n) is 6.68. The number of benzene rings is 2. The highest BCUT2D eigenvalue weighted by atomic mass is 19.4. The van der Waals surface area contributed by atoms with Gasteiger partial charge in [0, 0.05) is 12.0 Å². The van der Waals surface area contributed by atoms with Crippen LogP contribution in [0.3, 0.4) is 0 Å². The monoisotopic (exact) mass is 292 g/mol. The molecule has 0 aromatic heterocycles. The summed E-state index contributed by atoms with van der Waals surface area (Å²) in [5, 5.41) is 0. The zero-order valence-electron chi connectivity index (χ0n) is 11.6. The van der Waals surface area contributed by atoms with E-state index in [4.69, 9.17) is 0 Å². The fourth-order valence-corrected chi connectivity index (χ4v) is 2.06. The second-order valence-electron chi connectivity index (χ2n) is 4.85. The normalized spacial score (nSPS) is 11.4. The lowest BCUT2D eigenvalue weighted by Gasteiger charge is -2.08. The van der Waals surface area contributed by atoms with E-state index in [2.05, 4.69) is 0 Å². The van der Waals surface area contributed by atoms with Gasteiger partial charge in [-0.15, -0.1) is 0 Å². The summed E-state index contributed by atoms with van der Waals surface area (Å²) in [5.41, 5.74) is 1.53. The van der Waals surface area contributed by atoms with E-state index in [1.165, 1.54) is 12.1 Å².